The molecule has 25 heavy (non-hydrogen) atoms. The number of ether oxygens (including phenoxy) is 1. The molecule has 130 valence electrons. The zero-order valence-electron chi connectivity index (χ0n) is 14.4. The summed E-state index contributed by atoms with van der Waals surface area (Å²) >= 11 is 0. The fourth-order valence-corrected chi connectivity index (χ4v) is 3.20. The number of nitrogens with zero attached hydrogens (tertiary/aromatic N) is 1. The molecule has 0 aliphatic carbocycles. The predicted octanol–water partition coefficient (Wildman–Crippen LogP) is 4.05. The van der Waals surface area contributed by atoms with Crippen molar-refractivity contribution < 1.29 is 13.9 Å². The molecule has 1 aliphatic rings. The van der Waals surface area contributed by atoms with Crippen LogP contribution in [0.5, 0.6) is 0 Å². The summed E-state index contributed by atoms with van der Waals surface area (Å²) < 4.78 is 19.5. The molecule has 1 aliphatic heterocycles. The van der Waals surface area contributed by atoms with Crippen LogP contribution < -0.4 is 0 Å². The number of carbonyl (C=O) groups excluding carboxylic acids is 1. The summed E-state index contributed by atoms with van der Waals surface area (Å²) in [7, 11) is 0. The van der Waals surface area contributed by atoms with Crippen molar-refractivity contribution in [1.29, 1.82) is 0 Å². The lowest BCUT2D eigenvalue weighted by atomic mass is 9.92. The second-order valence-electron chi connectivity index (χ2n) is 6.10. The van der Waals surface area contributed by atoms with Crippen LogP contribution in [0.2, 0.25) is 0 Å². The van der Waals surface area contributed by atoms with Gasteiger partial charge in [-0.25, -0.2) is 9.18 Å². The zero-order valence-corrected chi connectivity index (χ0v) is 14.4. The van der Waals surface area contributed by atoms with Crippen molar-refractivity contribution in [2.45, 2.75) is 19.9 Å². The van der Waals surface area contributed by atoms with Gasteiger partial charge in [-0.05, 0) is 30.5 Å². The van der Waals surface area contributed by atoms with Crippen LogP contribution in [0, 0.1) is 5.82 Å². The molecule has 4 heteroatoms. The largest absolute Gasteiger partial charge is 0.463 e. The summed E-state index contributed by atoms with van der Waals surface area (Å²) in [5.41, 5.74) is 3.03. The molecule has 0 fully saturated rings. The van der Waals surface area contributed by atoms with Gasteiger partial charge in [0, 0.05) is 25.2 Å². The van der Waals surface area contributed by atoms with Crippen molar-refractivity contribution in [3.63, 3.8) is 0 Å². The van der Waals surface area contributed by atoms with Crippen molar-refractivity contribution >= 4 is 11.5 Å². The first-order valence-electron chi connectivity index (χ1n) is 8.59. The van der Waals surface area contributed by atoms with Gasteiger partial charge in [0.2, 0.25) is 0 Å². The maximum Gasteiger partial charge on any atom is 0.335 e. The Morgan fingerprint density at radius 1 is 1.12 bits per heavy atom. The third-order valence-corrected chi connectivity index (χ3v) is 4.39. The van der Waals surface area contributed by atoms with E-state index in [1.165, 1.54) is 11.6 Å². The number of carbonyl (C=O) groups is 1. The van der Waals surface area contributed by atoms with Gasteiger partial charge in [0.15, 0.2) is 0 Å². The Balaban J connectivity index is 1.89. The van der Waals surface area contributed by atoms with Crippen LogP contribution in [0.4, 0.5) is 4.39 Å². The minimum atomic E-state index is -0.349. The Bertz CT molecular complexity index is 770. The van der Waals surface area contributed by atoms with Gasteiger partial charge in [0.25, 0.3) is 0 Å². The summed E-state index contributed by atoms with van der Waals surface area (Å²) in [6.07, 6.45) is 0.627. The number of rotatable bonds is 5. The van der Waals surface area contributed by atoms with Gasteiger partial charge in [0.1, 0.15) is 5.82 Å². The molecule has 0 aromatic heterocycles. The average Bonchev–Trinajstić information content (AvgIpc) is 2.63. The molecule has 0 amide bonds. The van der Waals surface area contributed by atoms with Crippen LogP contribution in [-0.2, 0) is 16.1 Å². The molecule has 0 N–H and O–H groups in total. The molecule has 0 saturated carbocycles. The first kappa shape index (κ1) is 17.4. The third kappa shape index (κ3) is 4.15. The van der Waals surface area contributed by atoms with Crippen molar-refractivity contribution in [3.05, 3.63) is 77.1 Å². The molecule has 0 spiro atoms. The number of halogens is 1. The fourth-order valence-electron chi connectivity index (χ4n) is 3.20. The highest BCUT2D eigenvalue weighted by Gasteiger charge is 2.26. The molecule has 2 aromatic rings. The summed E-state index contributed by atoms with van der Waals surface area (Å²) in [6.45, 7) is 4.10. The van der Waals surface area contributed by atoms with Crippen molar-refractivity contribution in [2.24, 2.45) is 0 Å². The highest BCUT2D eigenvalue weighted by molar-refractivity contribution is 5.98. The van der Waals surface area contributed by atoms with Crippen LogP contribution in [0.15, 0.2) is 60.2 Å². The lowest BCUT2D eigenvalue weighted by molar-refractivity contribution is -0.138. The van der Waals surface area contributed by atoms with E-state index < -0.39 is 0 Å². The molecule has 0 radical (unpaired) electrons. The molecule has 3 rings (SSSR count). The van der Waals surface area contributed by atoms with E-state index in [0.717, 1.165) is 18.7 Å². The monoisotopic (exact) mass is 339 g/mol. The molecule has 0 saturated heterocycles. The fraction of sp³-hybridized carbons (Fsp3) is 0.286. The summed E-state index contributed by atoms with van der Waals surface area (Å²) in [5, 5.41) is 0. The molecule has 1 heterocycles. The Kier molecular flexibility index (Phi) is 5.61. The first-order valence-corrected chi connectivity index (χ1v) is 8.59. The highest BCUT2D eigenvalue weighted by atomic mass is 19.1. The van der Waals surface area contributed by atoms with Crippen molar-refractivity contribution in [1.82, 2.24) is 4.90 Å². The lowest BCUT2D eigenvalue weighted by Crippen LogP contribution is -2.34. The van der Waals surface area contributed by atoms with Gasteiger partial charge >= 0.3 is 5.97 Å². The SMILES string of the molecule is CCOC(=O)C1=C(c2ccccc2F)CCN(Cc2ccccc2)C1. The molecule has 0 unspecified atom stereocenters. The third-order valence-electron chi connectivity index (χ3n) is 4.39. The van der Waals surface area contributed by atoms with Crippen LogP contribution >= 0.6 is 0 Å². The zero-order chi connectivity index (χ0) is 17.6. The Hall–Kier alpha value is -2.46. The average molecular weight is 339 g/mol. The van der Waals surface area contributed by atoms with Crippen molar-refractivity contribution in [2.75, 3.05) is 19.7 Å². The van der Waals surface area contributed by atoms with Gasteiger partial charge in [-0.3, -0.25) is 4.90 Å². The minimum Gasteiger partial charge on any atom is -0.463 e. The van der Waals surface area contributed by atoms with E-state index in [1.54, 1.807) is 25.1 Å². The maximum atomic E-state index is 14.2. The number of hydrogen-bond acceptors (Lipinski definition) is 3. The number of hydrogen-bond donors (Lipinski definition) is 0. The van der Waals surface area contributed by atoms with Crippen LogP contribution in [0.3, 0.4) is 0 Å². The lowest BCUT2D eigenvalue weighted by Gasteiger charge is -2.30. The molecular weight excluding hydrogens is 317 g/mol. The Morgan fingerprint density at radius 2 is 1.84 bits per heavy atom. The molecule has 2 aromatic carbocycles. The van der Waals surface area contributed by atoms with Crippen LogP contribution in [0.1, 0.15) is 24.5 Å². The summed E-state index contributed by atoms with van der Waals surface area (Å²) in [6, 6.07) is 16.8. The second-order valence-corrected chi connectivity index (χ2v) is 6.10. The maximum absolute atomic E-state index is 14.2. The minimum absolute atomic E-state index is 0.296. The van der Waals surface area contributed by atoms with E-state index in [-0.39, 0.29) is 11.8 Å². The number of esters is 1. The smallest absolute Gasteiger partial charge is 0.335 e. The molecular formula is C21H22FNO2. The highest BCUT2D eigenvalue weighted by Crippen LogP contribution is 2.30. The molecule has 3 nitrogen and oxygen atoms in total. The van der Waals surface area contributed by atoms with E-state index in [9.17, 15) is 9.18 Å². The quantitative estimate of drug-likeness (QED) is 0.770. The van der Waals surface area contributed by atoms with E-state index in [2.05, 4.69) is 17.0 Å². The van der Waals surface area contributed by atoms with E-state index in [1.807, 2.05) is 18.2 Å². The Morgan fingerprint density at radius 3 is 2.56 bits per heavy atom. The van der Waals surface area contributed by atoms with E-state index >= 15 is 0 Å². The number of benzene rings is 2. The normalized spacial score (nSPS) is 15.3. The molecule has 0 bridgehead atoms. The van der Waals surface area contributed by atoms with Gasteiger partial charge in [-0.15, -0.1) is 0 Å². The standard InChI is InChI=1S/C21H22FNO2/c1-2-25-21(24)19-15-23(14-16-8-4-3-5-9-16)13-12-17(19)18-10-6-7-11-20(18)22/h3-11H,2,12-15H2,1H3. The van der Waals surface area contributed by atoms with Gasteiger partial charge in [-0.2, -0.15) is 0 Å². The van der Waals surface area contributed by atoms with Gasteiger partial charge in [-0.1, -0.05) is 48.5 Å². The Labute approximate surface area is 147 Å². The topological polar surface area (TPSA) is 29.5 Å². The summed E-state index contributed by atoms with van der Waals surface area (Å²) in [5.74, 6) is -0.644. The predicted molar refractivity (Wildman–Crippen MR) is 96.3 cm³/mol. The van der Waals surface area contributed by atoms with E-state index in [4.69, 9.17) is 4.74 Å². The molecule has 0 atom stereocenters. The van der Waals surface area contributed by atoms with Gasteiger partial charge < -0.3 is 4.74 Å². The van der Waals surface area contributed by atoms with E-state index in [0.29, 0.717) is 30.7 Å². The van der Waals surface area contributed by atoms with Crippen LogP contribution in [0.25, 0.3) is 5.57 Å². The van der Waals surface area contributed by atoms with Gasteiger partial charge in [0.05, 0.1) is 12.2 Å². The second kappa shape index (κ2) is 8.08. The van der Waals surface area contributed by atoms with Crippen LogP contribution in [-0.4, -0.2) is 30.6 Å². The first-order chi connectivity index (χ1) is 12.2. The van der Waals surface area contributed by atoms with Crippen molar-refractivity contribution in [3.8, 4) is 0 Å². The summed E-state index contributed by atoms with van der Waals surface area (Å²) in [4.78, 5) is 14.7.